The highest BCUT2D eigenvalue weighted by molar-refractivity contribution is 6.42. The molecule has 0 N–H and O–H groups in total. The lowest BCUT2D eigenvalue weighted by Crippen LogP contribution is -1.93. The van der Waals surface area contributed by atoms with Crippen LogP contribution in [0.3, 0.4) is 0 Å². The van der Waals surface area contributed by atoms with Gasteiger partial charge < -0.3 is 0 Å². The van der Waals surface area contributed by atoms with Crippen molar-refractivity contribution in [3.05, 3.63) is 63.8 Å². The zero-order chi connectivity index (χ0) is 14.3. The zero-order valence-electron chi connectivity index (χ0n) is 11.2. The Hall–Kier alpha value is -1.57. The van der Waals surface area contributed by atoms with Crippen molar-refractivity contribution in [2.24, 2.45) is 0 Å². The van der Waals surface area contributed by atoms with Crippen LogP contribution in [0.15, 0.2) is 42.5 Å². The first-order valence-corrected chi connectivity index (χ1v) is 7.15. The van der Waals surface area contributed by atoms with Crippen LogP contribution in [0.2, 0.25) is 10.2 Å². The topological polar surface area (TPSA) is 12.9 Å². The molecule has 0 aliphatic carbocycles. The van der Waals surface area contributed by atoms with Gasteiger partial charge in [-0.05, 0) is 30.5 Å². The van der Waals surface area contributed by atoms with E-state index in [0.29, 0.717) is 10.2 Å². The third-order valence-electron chi connectivity index (χ3n) is 3.51. The first kappa shape index (κ1) is 13.4. The highest BCUT2D eigenvalue weighted by atomic mass is 35.5. The standard InChI is InChI=1S/C17H13Cl2N/c1-10-8-9-11(2)16-13(10)15(18)14(17(19)20-16)12-6-4-3-5-7-12/h3-9H,1-2H3. The van der Waals surface area contributed by atoms with E-state index in [9.17, 15) is 0 Å². The maximum absolute atomic E-state index is 6.63. The van der Waals surface area contributed by atoms with Gasteiger partial charge in [0.2, 0.25) is 0 Å². The molecule has 1 nitrogen and oxygen atoms in total. The summed E-state index contributed by atoms with van der Waals surface area (Å²) in [6, 6.07) is 14.0. The average Bonchev–Trinajstić information content (AvgIpc) is 2.44. The Balaban J connectivity index is 2.44. The van der Waals surface area contributed by atoms with E-state index < -0.39 is 0 Å². The normalized spacial score (nSPS) is 11.0. The van der Waals surface area contributed by atoms with Crippen molar-refractivity contribution in [2.45, 2.75) is 13.8 Å². The molecule has 0 radical (unpaired) electrons. The molecule has 3 aromatic rings. The quantitative estimate of drug-likeness (QED) is 0.516. The second kappa shape index (κ2) is 5.08. The predicted octanol–water partition coefficient (Wildman–Crippen LogP) is 5.83. The molecule has 100 valence electrons. The highest BCUT2D eigenvalue weighted by Gasteiger charge is 2.16. The molecule has 0 fully saturated rings. The van der Waals surface area contributed by atoms with Gasteiger partial charge in [0.1, 0.15) is 5.15 Å². The van der Waals surface area contributed by atoms with Gasteiger partial charge in [-0.2, -0.15) is 0 Å². The van der Waals surface area contributed by atoms with E-state index in [1.54, 1.807) is 0 Å². The van der Waals surface area contributed by atoms with E-state index >= 15 is 0 Å². The minimum absolute atomic E-state index is 0.447. The molecule has 3 rings (SSSR count). The summed E-state index contributed by atoms with van der Waals surface area (Å²) in [4.78, 5) is 4.55. The van der Waals surface area contributed by atoms with Gasteiger partial charge >= 0.3 is 0 Å². The van der Waals surface area contributed by atoms with E-state index in [0.717, 1.165) is 33.2 Å². The van der Waals surface area contributed by atoms with Crippen LogP contribution in [-0.4, -0.2) is 4.98 Å². The van der Waals surface area contributed by atoms with E-state index in [2.05, 4.69) is 11.1 Å². The van der Waals surface area contributed by atoms with Gasteiger partial charge in [0.25, 0.3) is 0 Å². The number of aromatic nitrogens is 1. The van der Waals surface area contributed by atoms with Crippen LogP contribution in [0.4, 0.5) is 0 Å². The molecule has 0 aliphatic heterocycles. The molecule has 0 unspecified atom stereocenters. The lowest BCUT2D eigenvalue weighted by atomic mass is 10.0. The number of aryl methyl sites for hydroxylation is 2. The number of pyridine rings is 1. The van der Waals surface area contributed by atoms with Crippen LogP contribution in [0.1, 0.15) is 11.1 Å². The van der Waals surface area contributed by atoms with E-state index in [-0.39, 0.29) is 0 Å². The second-order valence-corrected chi connectivity index (χ2v) is 5.62. The molecule has 3 heteroatoms. The number of nitrogens with zero attached hydrogens (tertiary/aromatic N) is 1. The molecular weight excluding hydrogens is 289 g/mol. The van der Waals surface area contributed by atoms with Crippen LogP contribution in [-0.2, 0) is 0 Å². The predicted molar refractivity (Wildman–Crippen MR) is 86.7 cm³/mol. The Kier molecular flexibility index (Phi) is 3.41. The van der Waals surface area contributed by atoms with Gasteiger partial charge in [0.15, 0.2) is 0 Å². The molecular formula is C17H13Cl2N. The summed E-state index contributed by atoms with van der Waals surface area (Å²) in [6.45, 7) is 4.06. The molecule has 1 aromatic heterocycles. The van der Waals surface area contributed by atoms with Gasteiger partial charge in [0, 0.05) is 10.9 Å². The van der Waals surface area contributed by atoms with Crippen LogP contribution >= 0.6 is 23.2 Å². The number of hydrogen-bond donors (Lipinski definition) is 0. The van der Waals surface area contributed by atoms with Crippen molar-refractivity contribution in [3.63, 3.8) is 0 Å². The number of hydrogen-bond acceptors (Lipinski definition) is 1. The van der Waals surface area contributed by atoms with Crippen molar-refractivity contribution in [3.8, 4) is 11.1 Å². The highest BCUT2D eigenvalue weighted by Crippen LogP contribution is 2.40. The summed E-state index contributed by atoms with van der Waals surface area (Å²) in [5.41, 5.74) is 4.85. The number of rotatable bonds is 1. The fourth-order valence-corrected chi connectivity index (χ4v) is 3.21. The molecule has 0 bridgehead atoms. The Morgan fingerprint density at radius 2 is 1.50 bits per heavy atom. The van der Waals surface area contributed by atoms with Gasteiger partial charge in [0.05, 0.1) is 10.5 Å². The lowest BCUT2D eigenvalue weighted by Gasteiger charge is -2.13. The van der Waals surface area contributed by atoms with Crippen LogP contribution in [0, 0.1) is 13.8 Å². The number of fused-ring (bicyclic) bond motifs is 1. The minimum atomic E-state index is 0.447. The molecule has 0 spiro atoms. The first-order valence-electron chi connectivity index (χ1n) is 6.40. The zero-order valence-corrected chi connectivity index (χ0v) is 12.8. The second-order valence-electron chi connectivity index (χ2n) is 4.88. The van der Waals surface area contributed by atoms with E-state index in [1.807, 2.05) is 50.2 Å². The van der Waals surface area contributed by atoms with Crippen molar-refractivity contribution in [1.82, 2.24) is 4.98 Å². The molecule has 0 saturated heterocycles. The monoisotopic (exact) mass is 301 g/mol. The van der Waals surface area contributed by atoms with Gasteiger partial charge in [-0.1, -0.05) is 65.7 Å². The van der Waals surface area contributed by atoms with Crippen molar-refractivity contribution in [2.75, 3.05) is 0 Å². The number of benzene rings is 2. The summed E-state index contributed by atoms with van der Waals surface area (Å²) >= 11 is 13.0. The maximum Gasteiger partial charge on any atom is 0.139 e. The molecule has 0 atom stereocenters. The molecule has 1 heterocycles. The van der Waals surface area contributed by atoms with E-state index in [1.165, 1.54) is 0 Å². The van der Waals surface area contributed by atoms with Crippen molar-refractivity contribution in [1.29, 1.82) is 0 Å². The minimum Gasteiger partial charge on any atom is -0.235 e. The smallest absolute Gasteiger partial charge is 0.139 e. The van der Waals surface area contributed by atoms with Gasteiger partial charge in [-0.3, -0.25) is 0 Å². The third-order valence-corrected chi connectivity index (χ3v) is 4.16. The average molecular weight is 302 g/mol. The summed E-state index contributed by atoms with van der Waals surface area (Å²) in [7, 11) is 0. The summed E-state index contributed by atoms with van der Waals surface area (Å²) in [5, 5.41) is 2.10. The van der Waals surface area contributed by atoms with Crippen molar-refractivity contribution < 1.29 is 0 Å². The summed E-state index contributed by atoms with van der Waals surface area (Å²) in [5.74, 6) is 0. The first-order chi connectivity index (χ1) is 9.59. The Morgan fingerprint density at radius 3 is 2.20 bits per heavy atom. The Bertz CT molecular complexity index is 795. The molecule has 0 amide bonds. The summed E-state index contributed by atoms with van der Waals surface area (Å²) < 4.78 is 0. The van der Waals surface area contributed by atoms with Crippen LogP contribution < -0.4 is 0 Å². The largest absolute Gasteiger partial charge is 0.235 e. The van der Waals surface area contributed by atoms with Crippen molar-refractivity contribution >= 4 is 34.1 Å². The third kappa shape index (κ3) is 2.07. The van der Waals surface area contributed by atoms with E-state index in [4.69, 9.17) is 23.2 Å². The van der Waals surface area contributed by atoms with Crippen LogP contribution in [0.25, 0.3) is 22.0 Å². The number of halogens is 2. The molecule has 0 aliphatic rings. The molecule has 2 aromatic carbocycles. The van der Waals surface area contributed by atoms with Gasteiger partial charge in [-0.25, -0.2) is 4.98 Å². The Morgan fingerprint density at radius 1 is 0.850 bits per heavy atom. The maximum atomic E-state index is 6.63. The fraction of sp³-hybridized carbons (Fsp3) is 0.118. The SMILES string of the molecule is Cc1ccc(C)c2c(Cl)c(-c3ccccc3)c(Cl)nc12. The lowest BCUT2D eigenvalue weighted by molar-refractivity contribution is 1.34. The van der Waals surface area contributed by atoms with Crippen LogP contribution in [0.5, 0.6) is 0 Å². The fourth-order valence-electron chi connectivity index (χ4n) is 2.44. The molecule has 20 heavy (non-hydrogen) atoms. The summed E-state index contributed by atoms with van der Waals surface area (Å²) in [6.07, 6.45) is 0. The molecule has 0 saturated carbocycles. The van der Waals surface area contributed by atoms with Gasteiger partial charge in [-0.15, -0.1) is 0 Å². The Labute approximate surface area is 128 Å².